The lowest BCUT2D eigenvalue weighted by Crippen LogP contribution is -2.03. The SMILES string of the molecule is COC(=O)c1cc(OCc2cccc(-c3cccc(NSC(C)C)c3)c2)ccc1O. The molecule has 0 unspecified atom stereocenters. The Hall–Kier alpha value is -3.12. The minimum absolute atomic E-state index is 0.0762. The molecule has 5 nitrogen and oxygen atoms in total. The van der Waals surface area contributed by atoms with E-state index in [0.717, 1.165) is 22.4 Å². The summed E-state index contributed by atoms with van der Waals surface area (Å²) in [7, 11) is 1.27. The van der Waals surface area contributed by atoms with E-state index < -0.39 is 5.97 Å². The maximum Gasteiger partial charge on any atom is 0.341 e. The predicted octanol–water partition coefficient (Wildman–Crippen LogP) is 5.89. The Labute approximate surface area is 181 Å². The van der Waals surface area contributed by atoms with Gasteiger partial charge in [-0.05, 0) is 65.0 Å². The van der Waals surface area contributed by atoms with E-state index in [9.17, 15) is 9.90 Å². The van der Waals surface area contributed by atoms with Gasteiger partial charge in [0.2, 0.25) is 0 Å². The number of ether oxygens (including phenoxy) is 2. The quantitative estimate of drug-likeness (QED) is 0.348. The Balaban J connectivity index is 1.72. The number of hydrogen-bond donors (Lipinski definition) is 2. The van der Waals surface area contributed by atoms with Gasteiger partial charge in [-0.15, -0.1) is 0 Å². The van der Waals surface area contributed by atoms with Gasteiger partial charge in [0, 0.05) is 10.9 Å². The second-order valence-corrected chi connectivity index (χ2v) is 8.39. The first kappa shape index (κ1) is 21.6. The van der Waals surface area contributed by atoms with Gasteiger partial charge in [0.1, 0.15) is 23.7 Å². The van der Waals surface area contributed by atoms with Crippen molar-refractivity contribution in [3.63, 3.8) is 0 Å². The molecule has 3 aromatic carbocycles. The van der Waals surface area contributed by atoms with Crippen LogP contribution >= 0.6 is 11.9 Å². The third-order valence-corrected chi connectivity index (χ3v) is 5.14. The zero-order valence-corrected chi connectivity index (χ0v) is 18.0. The molecule has 0 atom stereocenters. The molecule has 0 heterocycles. The summed E-state index contributed by atoms with van der Waals surface area (Å²) in [5, 5.41) is 10.3. The predicted molar refractivity (Wildman–Crippen MR) is 122 cm³/mol. The summed E-state index contributed by atoms with van der Waals surface area (Å²) >= 11 is 1.68. The van der Waals surface area contributed by atoms with Crippen LogP contribution in [0.3, 0.4) is 0 Å². The first-order chi connectivity index (χ1) is 14.5. The minimum Gasteiger partial charge on any atom is -0.507 e. The lowest BCUT2D eigenvalue weighted by atomic mass is 10.0. The van der Waals surface area contributed by atoms with Crippen molar-refractivity contribution in [3.05, 3.63) is 77.9 Å². The maximum absolute atomic E-state index is 11.7. The monoisotopic (exact) mass is 423 g/mol. The van der Waals surface area contributed by atoms with Gasteiger partial charge in [-0.3, -0.25) is 0 Å². The van der Waals surface area contributed by atoms with Gasteiger partial charge in [0.15, 0.2) is 0 Å². The van der Waals surface area contributed by atoms with Crippen LogP contribution in [-0.2, 0) is 11.3 Å². The topological polar surface area (TPSA) is 67.8 Å². The Bertz CT molecular complexity index is 1020. The van der Waals surface area contributed by atoms with Gasteiger partial charge in [0.05, 0.1) is 7.11 Å². The molecule has 30 heavy (non-hydrogen) atoms. The zero-order chi connectivity index (χ0) is 21.5. The number of anilines is 1. The van der Waals surface area contributed by atoms with Gasteiger partial charge < -0.3 is 19.3 Å². The number of methoxy groups -OCH3 is 1. The van der Waals surface area contributed by atoms with Gasteiger partial charge in [-0.2, -0.15) is 0 Å². The molecule has 3 rings (SSSR count). The van der Waals surface area contributed by atoms with Crippen molar-refractivity contribution in [1.29, 1.82) is 0 Å². The van der Waals surface area contributed by atoms with Gasteiger partial charge in [0.25, 0.3) is 0 Å². The van der Waals surface area contributed by atoms with Crippen molar-refractivity contribution in [2.45, 2.75) is 25.7 Å². The summed E-state index contributed by atoms with van der Waals surface area (Å²) in [5.74, 6) is -0.264. The number of carbonyl (C=O) groups is 1. The summed E-state index contributed by atoms with van der Waals surface area (Å²) in [6.45, 7) is 4.63. The molecule has 0 aliphatic rings. The first-order valence-corrected chi connectivity index (χ1v) is 10.5. The standard InChI is InChI=1S/C24H25NO4S/c1-16(2)30-25-20-9-5-8-19(13-20)18-7-4-6-17(12-18)15-29-21-10-11-23(26)22(14-21)24(27)28-3/h4-14,16,25-26H,15H2,1-3H3. The fourth-order valence-corrected chi connectivity index (χ4v) is 3.33. The van der Waals surface area contributed by atoms with E-state index in [1.807, 2.05) is 18.2 Å². The highest BCUT2D eigenvalue weighted by molar-refractivity contribution is 8.01. The number of nitrogens with one attached hydrogen (secondary N) is 1. The summed E-state index contributed by atoms with van der Waals surface area (Å²) in [4.78, 5) is 11.7. The van der Waals surface area contributed by atoms with Crippen LogP contribution in [0.25, 0.3) is 11.1 Å². The van der Waals surface area contributed by atoms with Crippen LogP contribution in [0.5, 0.6) is 11.5 Å². The summed E-state index contributed by atoms with van der Waals surface area (Å²) in [6.07, 6.45) is 0. The first-order valence-electron chi connectivity index (χ1n) is 9.61. The van der Waals surface area contributed by atoms with Crippen LogP contribution < -0.4 is 9.46 Å². The number of phenols is 1. The molecular formula is C24H25NO4S. The summed E-state index contributed by atoms with van der Waals surface area (Å²) < 4.78 is 13.9. The van der Waals surface area contributed by atoms with Crippen LogP contribution in [0.2, 0.25) is 0 Å². The molecular weight excluding hydrogens is 398 g/mol. The van der Waals surface area contributed by atoms with Crippen molar-refractivity contribution in [1.82, 2.24) is 0 Å². The summed E-state index contributed by atoms with van der Waals surface area (Å²) in [6, 6.07) is 20.9. The highest BCUT2D eigenvalue weighted by Crippen LogP contribution is 2.27. The molecule has 0 amide bonds. The van der Waals surface area contributed by atoms with Crippen molar-refractivity contribution >= 4 is 23.6 Å². The van der Waals surface area contributed by atoms with Gasteiger partial charge >= 0.3 is 5.97 Å². The molecule has 0 saturated heterocycles. The third kappa shape index (κ3) is 5.70. The molecule has 0 spiro atoms. The number of aromatic hydroxyl groups is 1. The molecule has 156 valence electrons. The minimum atomic E-state index is -0.607. The highest BCUT2D eigenvalue weighted by atomic mass is 32.2. The second-order valence-electron chi connectivity index (χ2n) is 7.01. The molecule has 0 bridgehead atoms. The van der Waals surface area contributed by atoms with Crippen molar-refractivity contribution in [3.8, 4) is 22.6 Å². The number of rotatable bonds is 8. The number of benzene rings is 3. The van der Waals surface area contributed by atoms with E-state index in [0.29, 0.717) is 17.6 Å². The van der Waals surface area contributed by atoms with Crippen LogP contribution in [0.1, 0.15) is 29.8 Å². The summed E-state index contributed by atoms with van der Waals surface area (Å²) in [5.41, 5.74) is 4.34. The molecule has 0 aliphatic heterocycles. The fraction of sp³-hybridized carbons (Fsp3) is 0.208. The number of hydrogen-bond acceptors (Lipinski definition) is 6. The van der Waals surface area contributed by atoms with E-state index in [2.05, 4.69) is 53.6 Å². The normalized spacial score (nSPS) is 10.7. The lowest BCUT2D eigenvalue weighted by molar-refractivity contribution is 0.0597. The molecule has 3 aromatic rings. The maximum atomic E-state index is 11.7. The number of phenolic OH excluding ortho intramolecular Hbond substituents is 1. The van der Waals surface area contributed by atoms with Gasteiger partial charge in [-0.25, -0.2) is 4.79 Å². The average Bonchev–Trinajstić information content (AvgIpc) is 2.77. The van der Waals surface area contributed by atoms with E-state index in [1.54, 1.807) is 18.0 Å². The Morgan fingerprint density at radius 2 is 1.77 bits per heavy atom. The molecule has 0 saturated carbocycles. The van der Waals surface area contributed by atoms with E-state index in [4.69, 9.17) is 4.74 Å². The lowest BCUT2D eigenvalue weighted by Gasteiger charge is -2.11. The Morgan fingerprint density at radius 1 is 1.03 bits per heavy atom. The second kappa shape index (κ2) is 10.1. The molecule has 0 fully saturated rings. The zero-order valence-electron chi connectivity index (χ0n) is 17.2. The molecule has 2 N–H and O–H groups in total. The fourth-order valence-electron chi connectivity index (χ4n) is 2.83. The van der Waals surface area contributed by atoms with Crippen molar-refractivity contribution < 1.29 is 19.4 Å². The average molecular weight is 424 g/mol. The van der Waals surface area contributed by atoms with E-state index in [1.165, 1.54) is 19.2 Å². The number of carbonyl (C=O) groups excluding carboxylic acids is 1. The smallest absolute Gasteiger partial charge is 0.341 e. The third-order valence-electron chi connectivity index (χ3n) is 4.31. The van der Waals surface area contributed by atoms with Crippen LogP contribution in [0.4, 0.5) is 5.69 Å². The highest BCUT2D eigenvalue weighted by Gasteiger charge is 2.13. The van der Waals surface area contributed by atoms with Crippen LogP contribution in [-0.4, -0.2) is 23.4 Å². The van der Waals surface area contributed by atoms with Crippen molar-refractivity contribution in [2.24, 2.45) is 0 Å². The Morgan fingerprint density at radius 3 is 2.50 bits per heavy atom. The largest absolute Gasteiger partial charge is 0.507 e. The molecule has 0 radical (unpaired) electrons. The van der Waals surface area contributed by atoms with Crippen molar-refractivity contribution in [2.75, 3.05) is 11.8 Å². The van der Waals surface area contributed by atoms with Crippen LogP contribution in [0.15, 0.2) is 66.7 Å². The molecule has 6 heteroatoms. The molecule has 0 aliphatic carbocycles. The van der Waals surface area contributed by atoms with Gasteiger partial charge in [-0.1, -0.05) is 44.2 Å². The van der Waals surface area contributed by atoms with E-state index >= 15 is 0 Å². The Kier molecular flexibility index (Phi) is 7.25. The van der Waals surface area contributed by atoms with E-state index in [-0.39, 0.29) is 11.3 Å². The number of esters is 1. The van der Waals surface area contributed by atoms with Crippen LogP contribution in [0, 0.1) is 0 Å². The molecule has 0 aromatic heterocycles.